The van der Waals surface area contributed by atoms with Crippen LogP contribution in [-0.2, 0) is 0 Å². The van der Waals surface area contributed by atoms with E-state index in [4.69, 9.17) is 17.3 Å². The number of amides is 1. The molecule has 0 spiro atoms. The van der Waals surface area contributed by atoms with E-state index in [9.17, 15) is 4.79 Å². The third-order valence-electron chi connectivity index (χ3n) is 4.63. The molecule has 1 aromatic heterocycles. The fourth-order valence-electron chi connectivity index (χ4n) is 3.76. The summed E-state index contributed by atoms with van der Waals surface area (Å²) >= 11 is 5.79. The van der Waals surface area contributed by atoms with E-state index in [0.29, 0.717) is 28.6 Å². The number of aromatic nitrogens is 1. The highest BCUT2D eigenvalue weighted by atomic mass is 35.5. The Morgan fingerprint density at radius 1 is 1.23 bits per heavy atom. The van der Waals surface area contributed by atoms with Crippen molar-refractivity contribution < 1.29 is 4.79 Å². The van der Waals surface area contributed by atoms with Gasteiger partial charge in [-0.25, -0.2) is 4.98 Å². The highest BCUT2D eigenvalue weighted by molar-refractivity contribution is 6.30. The van der Waals surface area contributed by atoms with Crippen LogP contribution < -0.4 is 11.1 Å². The smallest absolute Gasteiger partial charge is 0.270 e. The lowest BCUT2D eigenvalue weighted by Gasteiger charge is -2.45. The van der Waals surface area contributed by atoms with Crippen molar-refractivity contribution in [2.75, 3.05) is 0 Å². The van der Waals surface area contributed by atoms with Crippen molar-refractivity contribution in [3.8, 4) is 0 Å². The predicted molar refractivity (Wildman–Crippen MR) is 93.0 cm³/mol. The van der Waals surface area contributed by atoms with E-state index in [2.05, 4.69) is 10.3 Å². The van der Waals surface area contributed by atoms with E-state index >= 15 is 0 Å². The lowest BCUT2D eigenvalue weighted by molar-refractivity contribution is 0.0751. The Morgan fingerprint density at radius 2 is 1.86 bits per heavy atom. The first-order valence-corrected chi connectivity index (χ1v) is 7.69. The van der Waals surface area contributed by atoms with Crippen molar-refractivity contribution in [2.24, 2.45) is 17.6 Å². The number of hydrogen-bond donors (Lipinski definition) is 2. The summed E-state index contributed by atoms with van der Waals surface area (Å²) in [5.41, 5.74) is 6.54. The highest BCUT2D eigenvalue weighted by Crippen LogP contribution is 2.39. The molecule has 2 atom stereocenters. The molecule has 3 rings (SSSR count). The van der Waals surface area contributed by atoms with Gasteiger partial charge in [-0.15, -0.1) is 24.8 Å². The molecule has 2 bridgehead atoms. The van der Waals surface area contributed by atoms with Crippen LogP contribution in [0.5, 0.6) is 0 Å². The van der Waals surface area contributed by atoms with Gasteiger partial charge < -0.3 is 11.1 Å². The van der Waals surface area contributed by atoms with E-state index in [1.807, 2.05) is 0 Å². The van der Waals surface area contributed by atoms with Gasteiger partial charge in [0.25, 0.3) is 5.91 Å². The van der Waals surface area contributed by atoms with Crippen LogP contribution in [-0.4, -0.2) is 23.0 Å². The molecule has 1 aromatic rings. The largest absolute Gasteiger partial charge is 0.347 e. The molecule has 0 radical (unpaired) electrons. The van der Waals surface area contributed by atoms with E-state index in [0.717, 1.165) is 12.8 Å². The Bertz CT molecular complexity index is 483. The zero-order chi connectivity index (χ0) is 14.1. The third-order valence-corrected chi connectivity index (χ3v) is 4.86. The SMILES string of the molecule is Cl.Cl.NC1CC2CCCC(C1)C2NC(=O)c1ccc(Cl)cn1. The summed E-state index contributed by atoms with van der Waals surface area (Å²) in [5.74, 6) is 0.946. The maximum Gasteiger partial charge on any atom is 0.270 e. The topological polar surface area (TPSA) is 68.0 Å². The third kappa shape index (κ3) is 4.25. The lowest BCUT2D eigenvalue weighted by atomic mass is 9.67. The minimum atomic E-state index is -0.0981. The standard InChI is InChI=1S/C15H20ClN3O.2ClH/c16-11-4-5-13(18-8-11)15(20)19-14-9-2-1-3-10(14)7-12(17)6-9;;/h4-5,8-10,12,14H,1-3,6-7,17H2,(H,19,20);2*1H. The molecule has 2 fully saturated rings. The monoisotopic (exact) mass is 365 g/mol. The Morgan fingerprint density at radius 3 is 2.41 bits per heavy atom. The zero-order valence-corrected chi connectivity index (χ0v) is 14.6. The molecule has 0 aromatic carbocycles. The van der Waals surface area contributed by atoms with Crippen molar-refractivity contribution in [3.63, 3.8) is 0 Å². The number of pyridine rings is 1. The quantitative estimate of drug-likeness (QED) is 0.844. The van der Waals surface area contributed by atoms with Gasteiger partial charge in [0.2, 0.25) is 0 Å². The Balaban J connectivity index is 0.00000121. The molecule has 0 saturated heterocycles. The van der Waals surface area contributed by atoms with Gasteiger partial charge in [-0.1, -0.05) is 18.0 Å². The molecular formula is C15H22Cl3N3O. The van der Waals surface area contributed by atoms with Crippen LogP contribution in [0, 0.1) is 11.8 Å². The predicted octanol–water partition coefficient (Wildman–Crippen LogP) is 3.21. The fraction of sp³-hybridized carbons (Fsp3) is 0.600. The van der Waals surface area contributed by atoms with Crippen molar-refractivity contribution >= 4 is 42.3 Å². The molecule has 22 heavy (non-hydrogen) atoms. The van der Waals surface area contributed by atoms with Crippen molar-refractivity contribution in [1.29, 1.82) is 0 Å². The van der Waals surface area contributed by atoms with Crippen molar-refractivity contribution in [3.05, 3.63) is 29.0 Å². The molecule has 2 aliphatic carbocycles. The van der Waals surface area contributed by atoms with Crippen LogP contribution in [0.15, 0.2) is 18.3 Å². The van der Waals surface area contributed by atoms with Gasteiger partial charge in [0.1, 0.15) is 5.69 Å². The van der Waals surface area contributed by atoms with E-state index in [1.54, 1.807) is 12.1 Å². The second kappa shape index (κ2) is 8.34. The Kier molecular flexibility index (Phi) is 7.39. The number of nitrogens with zero attached hydrogens (tertiary/aromatic N) is 1. The molecule has 3 N–H and O–H groups in total. The van der Waals surface area contributed by atoms with Crippen LogP contribution in [0.4, 0.5) is 0 Å². The summed E-state index contributed by atoms with van der Waals surface area (Å²) in [5, 5.41) is 3.72. The lowest BCUT2D eigenvalue weighted by Crippen LogP contribution is -2.53. The summed E-state index contributed by atoms with van der Waals surface area (Å²) in [6, 6.07) is 3.92. The molecule has 2 aliphatic rings. The second-order valence-corrected chi connectivity index (χ2v) is 6.48. The number of rotatable bonds is 2. The Labute approximate surface area is 148 Å². The maximum absolute atomic E-state index is 12.3. The van der Waals surface area contributed by atoms with Gasteiger partial charge in [0.15, 0.2) is 0 Å². The van der Waals surface area contributed by atoms with Gasteiger partial charge in [-0.3, -0.25) is 4.79 Å². The Hall–Kier alpha value is -0.550. The van der Waals surface area contributed by atoms with E-state index < -0.39 is 0 Å². The zero-order valence-electron chi connectivity index (χ0n) is 12.2. The molecular weight excluding hydrogens is 345 g/mol. The first-order valence-electron chi connectivity index (χ1n) is 7.31. The first-order chi connectivity index (χ1) is 9.63. The minimum Gasteiger partial charge on any atom is -0.347 e. The van der Waals surface area contributed by atoms with Crippen molar-refractivity contribution in [2.45, 2.75) is 44.2 Å². The van der Waals surface area contributed by atoms with Gasteiger partial charge in [-0.05, 0) is 49.7 Å². The number of fused-ring (bicyclic) bond motifs is 2. The molecule has 1 heterocycles. The number of hydrogen-bond acceptors (Lipinski definition) is 3. The molecule has 2 saturated carbocycles. The maximum atomic E-state index is 12.3. The van der Waals surface area contributed by atoms with Gasteiger partial charge in [-0.2, -0.15) is 0 Å². The average Bonchev–Trinajstić information content (AvgIpc) is 2.40. The van der Waals surface area contributed by atoms with Crippen LogP contribution in [0.1, 0.15) is 42.6 Å². The average molecular weight is 367 g/mol. The summed E-state index contributed by atoms with van der Waals surface area (Å²) in [4.78, 5) is 16.4. The molecule has 7 heteroatoms. The normalized spacial score (nSPS) is 29.7. The molecule has 4 nitrogen and oxygen atoms in total. The molecule has 2 unspecified atom stereocenters. The van der Waals surface area contributed by atoms with E-state index in [1.165, 1.54) is 25.5 Å². The van der Waals surface area contributed by atoms with Crippen LogP contribution in [0.2, 0.25) is 5.02 Å². The van der Waals surface area contributed by atoms with Crippen LogP contribution in [0.25, 0.3) is 0 Å². The molecule has 1 amide bonds. The van der Waals surface area contributed by atoms with Gasteiger partial charge >= 0.3 is 0 Å². The van der Waals surface area contributed by atoms with E-state index in [-0.39, 0.29) is 36.8 Å². The number of halogens is 3. The summed E-state index contributed by atoms with van der Waals surface area (Å²) in [6.07, 6.45) is 7.15. The highest BCUT2D eigenvalue weighted by Gasteiger charge is 2.40. The van der Waals surface area contributed by atoms with Crippen LogP contribution in [0.3, 0.4) is 0 Å². The minimum absolute atomic E-state index is 0. The number of nitrogens with two attached hydrogens (primary N) is 1. The van der Waals surface area contributed by atoms with Gasteiger partial charge in [0, 0.05) is 18.3 Å². The fourth-order valence-corrected chi connectivity index (χ4v) is 3.87. The number of nitrogens with one attached hydrogen (secondary N) is 1. The molecule has 0 aliphatic heterocycles. The molecule has 124 valence electrons. The summed E-state index contributed by atoms with van der Waals surface area (Å²) in [6.45, 7) is 0. The number of carbonyl (C=O) groups is 1. The summed E-state index contributed by atoms with van der Waals surface area (Å²) < 4.78 is 0. The van der Waals surface area contributed by atoms with Gasteiger partial charge in [0.05, 0.1) is 5.02 Å². The second-order valence-electron chi connectivity index (χ2n) is 6.04. The summed E-state index contributed by atoms with van der Waals surface area (Å²) in [7, 11) is 0. The first kappa shape index (κ1) is 19.5. The van der Waals surface area contributed by atoms with Crippen LogP contribution >= 0.6 is 36.4 Å². The number of carbonyl (C=O) groups excluding carboxylic acids is 1. The van der Waals surface area contributed by atoms with Crippen molar-refractivity contribution in [1.82, 2.24) is 10.3 Å².